The maximum absolute atomic E-state index is 12.5. The summed E-state index contributed by atoms with van der Waals surface area (Å²) in [7, 11) is 1.72. The Bertz CT molecular complexity index is 1000. The second-order valence-corrected chi connectivity index (χ2v) is 6.48. The number of anilines is 2. The minimum atomic E-state index is -0.278. The van der Waals surface area contributed by atoms with Crippen molar-refractivity contribution in [3.05, 3.63) is 46.9 Å². The van der Waals surface area contributed by atoms with Crippen LogP contribution in [-0.2, 0) is 11.8 Å². The molecule has 0 radical (unpaired) electrons. The molecule has 2 N–H and O–H groups in total. The fourth-order valence-corrected chi connectivity index (χ4v) is 3.24. The second-order valence-electron chi connectivity index (χ2n) is 6.48. The Balaban J connectivity index is 1.35. The molecule has 1 aliphatic rings. The van der Waals surface area contributed by atoms with Gasteiger partial charge in [-0.1, -0.05) is 18.2 Å². The average Bonchev–Trinajstić information content (AvgIpc) is 3.08. The van der Waals surface area contributed by atoms with E-state index >= 15 is 0 Å². The first-order valence-electron chi connectivity index (χ1n) is 8.85. The van der Waals surface area contributed by atoms with Crippen LogP contribution in [0.3, 0.4) is 0 Å². The van der Waals surface area contributed by atoms with Crippen LogP contribution in [0.15, 0.2) is 41.3 Å². The van der Waals surface area contributed by atoms with Gasteiger partial charge in [0.15, 0.2) is 5.65 Å². The van der Waals surface area contributed by atoms with E-state index in [1.807, 2.05) is 23.1 Å². The standard InChI is InChI=1S/C18H21N7O2/c1-23-16-14(11-20-23)17(27)22-18(21-16)19-12-15(26)25-9-7-24(8-10-25)13-5-3-2-4-6-13/h2-6,11H,7-10,12H2,1H3,(H2,19,21,22,27). The minimum Gasteiger partial charge on any atom is -0.368 e. The summed E-state index contributed by atoms with van der Waals surface area (Å²) in [6, 6.07) is 10.2. The van der Waals surface area contributed by atoms with E-state index in [4.69, 9.17) is 0 Å². The van der Waals surface area contributed by atoms with E-state index in [1.165, 1.54) is 16.6 Å². The van der Waals surface area contributed by atoms with E-state index in [9.17, 15) is 9.59 Å². The van der Waals surface area contributed by atoms with Crippen molar-refractivity contribution < 1.29 is 4.79 Å². The van der Waals surface area contributed by atoms with Crippen LogP contribution in [-0.4, -0.2) is 63.3 Å². The van der Waals surface area contributed by atoms with Gasteiger partial charge >= 0.3 is 0 Å². The van der Waals surface area contributed by atoms with Crippen LogP contribution in [0.2, 0.25) is 0 Å². The zero-order valence-corrected chi connectivity index (χ0v) is 15.1. The number of nitrogens with zero attached hydrogens (tertiary/aromatic N) is 5. The van der Waals surface area contributed by atoms with Crippen LogP contribution >= 0.6 is 0 Å². The Morgan fingerprint density at radius 1 is 1.19 bits per heavy atom. The Kier molecular flexibility index (Phi) is 4.49. The van der Waals surface area contributed by atoms with Gasteiger partial charge in [0.2, 0.25) is 11.9 Å². The van der Waals surface area contributed by atoms with Crippen LogP contribution in [0.5, 0.6) is 0 Å². The first-order valence-corrected chi connectivity index (χ1v) is 8.85. The highest BCUT2D eigenvalue weighted by Crippen LogP contribution is 2.15. The predicted octanol–water partition coefficient (Wildman–Crippen LogP) is 0.417. The number of fused-ring (bicyclic) bond motifs is 1. The van der Waals surface area contributed by atoms with Crippen molar-refractivity contribution in [1.29, 1.82) is 0 Å². The number of hydrogen-bond acceptors (Lipinski definition) is 6. The third-order valence-electron chi connectivity index (χ3n) is 4.76. The number of aromatic amines is 1. The first kappa shape index (κ1) is 17.1. The van der Waals surface area contributed by atoms with Crippen molar-refractivity contribution in [2.75, 3.05) is 42.9 Å². The molecule has 0 aliphatic carbocycles. The van der Waals surface area contributed by atoms with Crippen molar-refractivity contribution in [2.24, 2.45) is 7.05 Å². The first-order chi connectivity index (χ1) is 13.1. The highest BCUT2D eigenvalue weighted by atomic mass is 16.2. The highest BCUT2D eigenvalue weighted by molar-refractivity contribution is 5.81. The molecule has 1 saturated heterocycles. The second kappa shape index (κ2) is 7.10. The average molecular weight is 367 g/mol. The molecule has 1 amide bonds. The van der Waals surface area contributed by atoms with Crippen molar-refractivity contribution in [3.8, 4) is 0 Å². The fraction of sp³-hybridized carbons (Fsp3) is 0.333. The smallest absolute Gasteiger partial charge is 0.263 e. The summed E-state index contributed by atoms with van der Waals surface area (Å²) in [4.78, 5) is 35.6. The molecule has 0 unspecified atom stereocenters. The van der Waals surface area contributed by atoms with Gasteiger partial charge in [0.05, 0.1) is 12.7 Å². The zero-order valence-electron chi connectivity index (χ0n) is 15.1. The summed E-state index contributed by atoms with van der Waals surface area (Å²) < 4.78 is 1.53. The molecule has 1 fully saturated rings. The van der Waals surface area contributed by atoms with Gasteiger partial charge in [-0.05, 0) is 12.1 Å². The zero-order chi connectivity index (χ0) is 18.8. The molecule has 3 heterocycles. The molecule has 0 atom stereocenters. The number of hydrogen-bond donors (Lipinski definition) is 2. The fourth-order valence-electron chi connectivity index (χ4n) is 3.24. The van der Waals surface area contributed by atoms with Gasteiger partial charge in [-0.15, -0.1) is 0 Å². The van der Waals surface area contributed by atoms with Crippen LogP contribution in [0.25, 0.3) is 11.0 Å². The van der Waals surface area contributed by atoms with E-state index in [0.29, 0.717) is 24.1 Å². The molecule has 0 bridgehead atoms. The number of H-pyrrole nitrogens is 1. The number of aryl methyl sites for hydroxylation is 1. The monoisotopic (exact) mass is 367 g/mol. The van der Waals surface area contributed by atoms with E-state index in [1.54, 1.807) is 7.05 Å². The van der Waals surface area contributed by atoms with Crippen LogP contribution < -0.4 is 15.8 Å². The van der Waals surface area contributed by atoms with Gasteiger partial charge in [0.25, 0.3) is 5.56 Å². The molecular weight excluding hydrogens is 346 g/mol. The molecule has 0 saturated carbocycles. The summed E-state index contributed by atoms with van der Waals surface area (Å²) in [5.41, 5.74) is 1.37. The van der Waals surface area contributed by atoms with E-state index < -0.39 is 0 Å². The number of carbonyl (C=O) groups is 1. The molecular formula is C18H21N7O2. The SMILES string of the molecule is Cn1ncc2c(=O)[nH]c(NCC(=O)N3CCN(c4ccccc4)CC3)nc21. The number of amides is 1. The van der Waals surface area contributed by atoms with Crippen molar-refractivity contribution in [3.63, 3.8) is 0 Å². The number of rotatable bonds is 4. The number of aromatic nitrogens is 4. The number of piperazine rings is 1. The van der Waals surface area contributed by atoms with Gasteiger partial charge < -0.3 is 15.1 Å². The lowest BCUT2D eigenvalue weighted by atomic mass is 10.2. The maximum Gasteiger partial charge on any atom is 0.263 e. The molecule has 9 nitrogen and oxygen atoms in total. The number of carbonyl (C=O) groups excluding carboxylic acids is 1. The van der Waals surface area contributed by atoms with Crippen LogP contribution in [0, 0.1) is 0 Å². The molecule has 9 heteroatoms. The Labute approximate surface area is 155 Å². The Hall–Kier alpha value is -3.36. The lowest BCUT2D eigenvalue weighted by Crippen LogP contribution is -2.50. The van der Waals surface area contributed by atoms with E-state index in [-0.39, 0.29) is 24.0 Å². The summed E-state index contributed by atoms with van der Waals surface area (Å²) >= 11 is 0. The highest BCUT2D eigenvalue weighted by Gasteiger charge is 2.21. The molecule has 0 spiro atoms. The Morgan fingerprint density at radius 2 is 1.93 bits per heavy atom. The van der Waals surface area contributed by atoms with Crippen molar-refractivity contribution >= 4 is 28.6 Å². The van der Waals surface area contributed by atoms with E-state index in [0.717, 1.165) is 13.1 Å². The Morgan fingerprint density at radius 3 is 2.67 bits per heavy atom. The van der Waals surface area contributed by atoms with Gasteiger partial charge in [0.1, 0.15) is 5.39 Å². The number of benzene rings is 1. The lowest BCUT2D eigenvalue weighted by molar-refractivity contribution is -0.129. The van der Waals surface area contributed by atoms with Gasteiger partial charge in [-0.25, -0.2) is 0 Å². The summed E-state index contributed by atoms with van der Waals surface area (Å²) in [5, 5.41) is 7.37. The minimum absolute atomic E-state index is 0.0181. The molecule has 3 aromatic rings. The van der Waals surface area contributed by atoms with Gasteiger partial charge in [-0.2, -0.15) is 10.1 Å². The predicted molar refractivity (Wildman–Crippen MR) is 103 cm³/mol. The van der Waals surface area contributed by atoms with Crippen molar-refractivity contribution in [1.82, 2.24) is 24.6 Å². The van der Waals surface area contributed by atoms with E-state index in [2.05, 4.69) is 37.4 Å². The van der Waals surface area contributed by atoms with Gasteiger partial charge in [0, 0.05) is 38.9 Å². The summed E-state index contributed by atoms with van der Waals surface area (Å²) in [5.74, 6) is 0.253. The van der Waals surface area contributed by atoms with Crippen molar-refractivity contribution in [2.45, 2.75) is 0 Å². The molecule has 1 aromatic carbocycles. The maximum atomic E-state index is 12.5. The molecule has 2 aromatic heterocycles. The largest absolute Gasteiger partial charge is 0.368 e. The topological polar surface area (TPSA) is 99.1 Å². The molecule has 27 heavy (non-hydrogen) atoms. The van der Waals surface area contributed by atoms with Crippen LogP contribution in [0.4, 0.5) is 11.6 Å². The third-order valence-corrected chi connectivity index (χ3v) is 4.76. The molecule has 4 rings (SSSR count). The molecule has 140 valence electrons. The third kappa shape index (κ3) is 3.48. The normalized spacial score (nSPS) is 14.6. The quantitative estimate of drug-likeness (QED) is 0.693. The number of nitrogens with one attached hydrogen (secondary N) is 2. The van der Waals surface area contributed by atoms with Crippen LogP contribution in [0.1, 0.15) is 0 Å². The lowest BCUT2D eigenvalue weighted by Gasteiger charge is -2.36. The summed E-state index contributed by atoms with van der Waals surface area (Å²) in [6.45, 7) is 3.01. The molecule has 1 aliphatic heterocycles. The van der Waals surface area contributed by atoms with Gasteiger partial charge in [-0.3, -0.25) is 19.3 Å². The summed E-state index contributed by atoms with van der Waals surface area (Å²) in [6.07, 6.45) is 1.47. The number of para-hydroxylation sites is 1.